The van der Waals surface area contributed by atoms with Gasteiger partial charge in [-0.15, -0.1) is 0 Å². The first kappa shape index (κ1) is 13.8. The van der Waals surface area contributed by atoms with Gasteiger partial charge in [0.15, 0.2) is 0 Å². The molecule has 0 aliphatic heterocycles. The fraction of sp³-hybridized carbons (Fsp3) is 0.200. The Kier molecular flexibility index (Phi) is 4.40. The van der Waals surface area contributed by atoms with Gasteiger partial charge in [0.25, 0.3) is 0 Å². The molecular weight excluding hydrogens is 267 g/mol. The van der Waals surface area contributed by atoms with Gasteiger partial charge in [-0.1, -0.05) is 29.8 Å². The average molecular weight is 281 g/mol. The van der Waals surface area contributed by atoms with Crippen LogP contribution < -0.4 is 4.74 Å². The molecule has 0 amide bonds. The lowest BCUT2D eigenvalue weighted by atomic mass is 10.0. The third-order valence-electron chi connectivity index (χ3n) is 2.92. The SMILES string of the molecule is COc1ccccc1C(O)Cc1cc(F)ccc1Cl. The summed E-state index contributed by atoms with van der Waals surface area (Å²) in [5.74, 6) is 0.231. The van der Waals surface area contributed by atoms with E-state index in [2.05, 4.69) is 0 Å². The fourth-order valence-corrected chi connectivity index (χ4v) is 2.15. The Morgan fingerprint density at radius 3 is 2.74 bits per heavy atom. The van der Waals surface area contributed by atoms with Crippen LogP contribution in [0.5, 0.6) is 5.75 Å². The van der Waals surface area contributed by atoms with Gasteiger partial charge in [0.2, 0.25) is 0 Å². The molecule has 0 fully saturated rings. The number of aliphatic hydroxyl groups excluding tert-OH is 1. The van der Waals surface area contributed by atoms with Crippen LogP contribution in [-0.4, -0.2) is 12.2 Å². The van der Waals surface area contributed by atoms with Gasteiger partial charge < -0.3 is 9.84 Å². The van der Waals surface area contributed by atoms with Gasteiger partial charge in [-0.2, -0.15) is 0 Å². The molecule has 100 valence electrons. The maximum atomic E-state index is 13.2. The standard InChI is InChI=1S/C15H14ClFO2/c1-19-15-5-3-2-4-12(15)14(18)9-10-8-11(17)6-7-13(10)16/h2-8,14,18H,9H2,1H3. The highest BCUT2D eigenvalue weighted by Crippen LogP contribution is 2.29. The third-order valence-corrected chi connectivity index (χ3v) is 3.29. The van der Waals surface area contributed by atoms with Gasteiger partial charge in [0.1, 0.15) is 11.6 Å². The summed E-state index contributed by atoms with van der Waals surface area (Å²) in [6.45, 7) is 0. The first-order chi connectivity index (χ1) is 9.11. The summed E-state index contributed by atoms with van der Waals surface area (Å²) in [4.78, 5) is 0. The third kappa shape index (κ3) is 3.25. The van der Waals surface area contributed by atoms with Crippen molar-refractivity contribution >= 4 is 11.6 Å². The minimum atomic E-state index is -0.796. The highest BCUT2D eigenvalue weighted by molar-refractivity contribution is 6.31. The van der Waals surface area contributed by atoms with E-state index in [0.717, 1.165) is 0 Å². The first-order valence-electron chi connectivity index (χ1n) is 5.86. The van der Waals surface area contributed by atoms with E-state index in [-0.39, 0.29) is 12.2 Å². The second-order valence-corrected chi connectivity index (χ2v) is 4.60. The zero-order valence-electron chi connectivity index (χ0n) is 10.4. The second kappa shape index (κ2) is 6.04. The van der Waals surface area contributed by atoms with Crippen molar-refractivity contribution in [3.8, 4) is 5.75 Å². The molecule has 1 unspecified atom stereocenters. The number of hydrogen-bond acceptors (Lipinski definition) is 2. The number of hydrogen-bond donors (Lipinski definition) is 1. The lowest BCUT2D eigenvalue weighted by Gasteiger charge is -2.15. The Morgan fingerprint density at radius 1 is 1.26 bits per heavy atom. The number of benzene rings is 2. The second-order valence-electron chi connectivity index (χ2n) is 4.20. The van der Waals surface area contributed by atoms with E-state index in [9.17, 15) is 9.50 Å². The summed E-state index contributed by atoms with van der Waals surface area (Å²) in [6.07, 6.45) is -0.563. The van der Waals surface area contributed by atoms with Gasteiger partial charge in [0.05, 0.1) is 13.2 Å². The predicted octanol–water partition coefficient (Wildman–Crippen LogP) is 3.76. The van der Waals surface area contributed by atoms with E-state index in [1.54, 1.807) is 19.2 Å². The maximum absolute atomic E-state index is 13.2. The molecule has 0 bridgehead atoms. The highest BCUT2D eigenvalue weighted by atomic mass is 35.5. The van der Waals surface area contributed by atoms with E-state index in [4.69, 9.17) is 16.3 Å². The molecule has 0 heterocycles. The van der Waals surface area contributed by atoms with E-state index < -0.39 is 6.10 Å². The summed E-state index contributed by atoms with van der Waals surface area (Å²) < 4.78 is 18.4. The molecule has 0 saturated carbocycles. The summed E-state index contributed by atoms with van der Waals surface area (Å²) in [6, 6.07) is 11.3. The van der Waals surface area contributed by atoms with Crippen LogP contribution in [0, 0.1) is 5.82 Å². The number of rotatable bonds is 4. The van der Waals surface area contributed by atoms with Crippen molar-refractivity contribution in [2.45, 2.75) is 12.5 Å². The molecule has 0 spiro atoms. The number of methoxy groups -OCH3 is 1. The predicted molar refractivity (Wildman–Crippen MR) is 73.1 cm³/mol. The van der Waals surface area contributed by atoms with Gasteiger partial charge in [-0.3, -0.25) is 0 Å². The average Bonchev–Trinajstić information content (AvgIpc) is 2.42. The molecule has 2 nitrogen and oxygen atoms in total. The largest absolute Gasteiger partial charge is 0.496 e. The van der Waals surface area contributed by atoms with Crippen LogP contribution in [0.4, 0.5) is 4.39 Å². The fourth-order valence-electron chi connectivity index (χ4n) is 1.96. The zero-order chi connectivity index (χ0) is 13.8. The molecule has 0 saturated heterocycles. The van der Waals surface area contributed by atoms with Crippen LogP contribution in [-0.2, 0) is 6.42 Å². The van der Waals surface area contributed by atoms with Gasteiger partial charge >= 0.3 is 0 Å². The van der Waals surface area contributed by atoms with Crippen LogP contribution >= 0.6 is 11.6 Å². The molecule has 1 N–H and O–H groups in total. The van der Waals surface area contributed by atoms with Crippen LogP contribution in [0.15, 0.2) is 42.5 Å². The van der Waals surface area contributed by atoms with Crippen molar-refractivity contribution < 1.29 is 14.2 Å². The molecule has 19 heavy (non-hydrogen) atoms. The normalized spacial score (nSPS) is 12.2. The zero-order valence-corrected chi connectivity index (χ0v) is 11.2. The summed E-state index contributed by atoms with van der Waals surface area (Å²) in [7, 11) is 1.54. The maximum Gasteiger partial charge on any atom is 0.124 e. The number of aliphatic hydroxyl groups is 1. The van der Waals surface area contributed by atoms with Gasteiger partial charge in [0, 0.05) is 17.0 Å². The van der Waals surface area contributed by atoms with Gasteiger partial charge in [-0.05, 0) is 29.8 Å². The van der Waals surface area contributed by atoms with Crippen molar-refractivity contribution in [1.29, 1.82) is 0 Å². The Morgan fingerprint density at radius 2 is 2.00 bits per heavy atom. The lowest BCUT2D eigenvalue weighted by molar-refractivity contribution is 0.174. The van der Waals surface area contributed by atoms with Crippen molar-refractivity contribution in [1.82, 2.24) is 0 Å². The monoisotopic (exact) mass is 280 g/mol. The van der Waals surface area contributed by atoms with Crippen molar-refractivity contribution in [3.05, 3.63) is 64.4 Å². The van der Waals surface area contributed by atoms with E-state index in [1.165, 1.54) is 18.2 Å². The Balaban J connectivity index is 2.25. The summed E-state index contributed by atoms with van der Waals surface area (Å²) in [5, 5.41) is 10.7. The Bertz CT molecular complexity index is 572. The van der Waals surface area contributed by atoms with Crippen LogP contribution in [0.1, 0.15) is 17.2 Å². The number of halogens is 2. The van der Waals surface area contributed by atoms with E-state index in [0.29, 0.717) is 21.9 Å². The Labute approximate surface area is 116 Å². The van der Waals surface area contributed by atoms with Crippen molar-refractivity contribution in [2.24, 2.45) is 0 Å². The topological polar surface area (TPSA) is 29.5 Å². The molecule has 0 aliphatic rings. The number of para-hydroxylation sites is 1. The van der Waals surface area contributed by atoms with E-state index >= 15 is 0 Å². The molecule has 0 aliphatic carbocycles. The smallest absolute Gasteiger partial charge is 0.124 e. The first-order valence-corrected chi connectivity index (χ1v) is 6.24. The van der Waals surface area contributed by atoms with Crippen LogP contribution in [0.25, 0.3) is 0 Å². The molecule has 0 radical (unpaired) electrons. The summed E-state index contributed by atoms with van der Waals surface area (Å²) in [5.41, 5.74) is 1.23. The van der Waals surface area contributed by atoms with Crippen molar-refractivity contribution in [2.75, 3.05) is 7.11 Å². The molecule has 1 atom stereocenters. The van der Waals surface area contributed by atoms with Crippen LogP contribution in [0.3, 0.4) is 0 Å². The molecular formula is C15H14ClFO2. The Hall–Kier alpha value is -1.58. The van der Waals surface area contributed by atoms with Crippen LogP contribution in [0.2, 0.25) is 5.02 Å². The van der Waals surface area contributed by atoms with Crippen molar-refractivity contribution in [3.63, 3.8) is 0 Å². The molecule has 4 heteroatoms. The van der Waals surface area contributed by atoms with E-state index in [1.807, 2.05) is 12.1 Å². The minimum absolute atomic E-state index is 0.233. The molecule has 2 aromatic carbocycles. The van der Waals surface area contributed by atoms with Gasteiger partial charge in [-0.25, -0.2) is 4.39 Å². The lowest BCUT2D eigenvalue weighted by Crippen LogP contribution is -2.04. The molecule has 2 aromatic rings. The minimum Gasteiger partial charge on any atom is -0.496 e. The highest BCUT2D eigenvalue weighted by Gasteiger charge is 2.15. The summed E-state index contributed by atoms with van der Waals surface area (Å²) >= 11 is 5.99. The molecule has 0 aromatic heterocycles. The number of ether oxygens (including phenoxy) is 1. The quantitative estimate of drug-likeness (QED) is 0.924. The molecule has 2 rings (SSSR count).